The van der Waals surface area contributed by atoms with E-state index in [9.17, 15) is 4.79 Å². The Morgan fingerprint density at radius 1 is 0.967 bits per heavy atom. The van der Waals surface area contributed by atoms with Crippen LogP contribution in [0.3, 0.4) is 0 Å². The van der Waals surface area contributed by atoms with Crippen LogP contribution in [0.25, 0.3) is 22.2 Å². The molecule has 1 N–H and O–H groups in total. The number of rotatable bonds is 4. The molecule has 148 valence electrons. The zero-order valence-electron chi connectivity index (χ0n) is 16.5. The second-order valence-corrected chi connectivity index (χ2v) is 7.31. The summed E-state index contributed by atoms with van der Waals surface area (Å²) >= 11 is 0. The van der Waals surface area contributed by atoms with Crippen LogP contribution in [-0.4, -0.2) is 17.7 Å². The number of hydrogen-bond donors (Lipinski definition) is 1. The Hall–Kier alpha value is -3.86. The van der Waals surface area contributed by atoms with Crippen LogP contribution < -0.4 is 14.8 Å². The lowest BCUT2D eigenvalue weighted by Gasteiger charge is -2.11. The number of amides is 1. The molecule has 0 unspecified atom stereocenters. The summed E-state index contributed by atoms with van der Waals surface area (Å²) in [6.07, 6.45) is 0. The molecule has 4 aromatic rings. The smallest absolute Gasteiger partial charge is 0.252 e. The molecule has 0 bridgehead atoms. The van der Waals surface area contributed by atoms with Crippen LogP contribution in [0, 0.1) is 6.92 Å². The van der Waals surface area contributed by atoms with Gasteiger partial charge in [-0.15, -0.1) is 0 Å². The average molecular weight is 396 g/mol. The summed E-state index contributed by atoms with van der Waals surface area (Å²) in [5, 5.41) is 3.86. The number of para-hydroxylation sites is 1. The summed E-state index contributed by atoms with van der Waals surface area (Å²) in [5.41, 5.74) is 5.28. The van der Waals surface area contributed by atoms with E-state index in [4.69, 9.17) is 14.5 Å². The SMILES string of the molecule is Cc1cccc(-c2cc(C(=O)NCc3ccc4c(c3)OCO4)c3ccccc3n2)c1. The average Bonchev–Trinajstić information content (AvgIpc) is 3.24. The lowest BCUT2D eigenvalue weighted by atomic mass is 10.0. The van der Waals surface area contributed by atoms with Crippen LogP contribution in [0.15, 0.2) is 72.8 Å². The molecule has 5 nitrogen and oxygen atoms in total. The summed E-state index contributed by atoms with van der Waals surface area (Å²) in [6, 6.07) is 23.4. The van der Waals surface area contributed by atoms with Gasteiger partial charge in [-0.2, -0.15) is 0 Å². The number of carbonyl (C=O) groups is 1. The molecular weight excluding hydrogens is 376 g/mol. The van der Waals surface area contributed by atoms with Crippen molar-refractivity contribution in [3.05, 3.63) is 89.5 Å². The van der Waals surface area contributed by atoms with E-state index in [1.54, 1.807) is 0 Å². The number of carbonyl (C=O) groups excluding carboxylic acids is 1. The maximum atomic E-state index is 13.1. The summed E-state index contributed by atoms with van der Waals surface area (Å²) in [7, 11) is 0. The number of hydrogen-bond acceptors (Lipinski definition) is 4. The highest BCUT2D eigenvalue weighted by molar-refractivity contribution is 6.07. The molecule has 0 fully saturated rings. The summed E-state index contributed by atoms with van der Waals surface area (Å²) in [5.74, 6) is 1.30. The molecule has 1 aliphatic heterocycles. The van der Waals surface area contributed by atoms with E-state index in [0.29, 0.717) is 17.9 Å². The monoisotopic (exact) mass is 396 g/mol. The van der Waals surface area contributed by atoms with Crippen molar-refractivity contribution >= 4 is 16.8 Å². The maximum Gasteiger partial charge on any atom is 0.252 e. The van der Waals surface area contributed by atoms with Crippen molar-refractivity contribution < 1.29 is 14.3 Å². The van der Waals surface area contributed by atoms with E-state index in [-0.39, 0.29) is 12.7 Å². The Labute approximate surface area is 174 Å². The zero-order valence-corrected chi connectivity index (χ0v) is 16.5. The van der Waals surface area contributed by atoms with Gasteiger partial charge in [0.15, 0.2) is 11.5 Å². The molecule has 1 aromatic heterocycles. The van der Waals surface area contributed by atoms with Crippen molar-refractivity contribution in [3.8, 4) is 22.8 Å². The van der Waals surface area contributed by atoms with Gasteiger partial charge >= 0.3 is 0 Å². The van der Waals surface area contributed by atoms with Gasteiger partial charge in [0.05, 0.1) is 16.8 Å². The first kappa shape index (κ1) is 18.2. The first-order chi connectivity index (χ1) is 14.7. The fraction of sp³-hybridized carbons (Fsp3) is 0.120. The second kappa shape index (κ2) is 7.52. The molecule has 1 amide bonds. The summed E-state index contributed by atoms with van der Waals surface area (Å²) < 4.78 is 10.8. The molecule has 0 atom stereocenters. The fourth-order valence-corrected chi connectivity index (χ4v) is 3.64. The van der Waals surface area contributed by atoms with E-state index < -0.39 is 0 Å². The number of nitrogens with one attached hydrogen (secondary N) is 1. The van der Waals surface area contributed by atoms with Crippen molar-refractivity contribution in [1.82, 2.24) is 10.3 Å². The first-order valence-corrected chi connectivity index (χ1v) is 9.81. The number of pyridine rings is 1. The molecular formula is C25H20N2O3. The highest BCUT2D eigenvalue weighted by Gasteiger charge is 2.16. The molecule has 30 heavy (non-hydrogen) atoms. The van der Waals surface area contributed by atoms with Crippen molar-refractivity contribution in [2.45, 2.75) is 13.5 Å². The van der Waals surface area contributed by atoms with Crippen molar-refractivity contribution in [3.63, 3.8) is 0 Å². The lowest BCUT2D eigenvalue weighted by molar-refractivity contribution is 0.0952. The molecule has 3 aromatic carbocycles. The van der Waals surface area contributed by atoms with Crippen LogP contribution in [-0.2, 0) is 6.54 Å². The van der Waals surface area contributed by atoms with E-state index in [1.807, 2.05) is 73.7 Å². The normalized spacial score (nSPS) is 12.2. The first-order valence-electron chi connectivity index (χ1n) is 9.81. The highest BCUT2D eigenvalue weighted by Crippen LogP contribution is 2.32. The van der Waals surface area contributed by atoms with Gasteiger partial charge in [0, 0.05) is 17.5 Å². The van der Waals surface area contributed by atoms with Gasteiger partial charge < -0.3 is 14.8 Å². The van der Waals surface area contributed by atoms with Gasteiger partial charge in [0.2, 0.25) is 6.79 Å². The van der Waals surface area contributed by atoms with Crippen molar-refractivity contribution in [1.29, 1.82) is 0 Å². The fourth-order valence-electron chi connectivity index (χ4n) is 3.64. The summed E-state index contributed by atoms with van der Waals surface area (Å²) in [6.45, 7) is 2.67. The largest absolute Gasteiger partial charge is 0.454 e. The predicted molar refractivity (Wildman–Crippen MR) is 116 cm³/mol. The third-order valence-electron chi connectivity index (χ3n) is 5.16. The van der Waals surface area contributed by atoms with Gasteiger partial charge in [-0.1, -0.05) is 48.0 Å². The molecule has 5 rings (SSSR count). The molecule has 5 heteroatoms. The lowest BCUT2D eigenvalue weighted by Crippen LogP contribution is -2.23. The molecule has 0 aliphatic carbocycles. The van der Waals surface area contributed by atoms with Gasteiger partial charge in [0.1, 0.15) is 0 Å². The Morgan fingerprint density at radius 2 is 1.83 bits per heavy atom. The minimum atomic E-state index is -0.139. The topological polar surface area (TPSA) is 60.5 Å². The van der Waals surface area contributed by atoms with E-state index in [0.717, 1.165) is 39.0 Å². The van der Waals surface area contributed by atoms with Crippen LogP contribution in [0.1, 0.15) is 21.5 Å². The number of fused-ring (bicyclic) bond motifs is 2. The quantitative estimate of drug-likeness (QED) is 0.535. The van der Waals surface area contributed by atoms with Crippen LogP contribution in [0.4, 0.5) is 0 Å². The second-order valence-electron chi connectivity index (χ2n) is 7.31. The minimum Gasteiger partial charge on any atom is -0.454 e. The minimum absolute atomic E-state index is 0.139. The number of aromatic nitrogens is 1. The number of ether oxygens (including phenoxy) is 2. The molecule has 0 saturated carbocycles. The summed E-state index contributed by atoms with van der Waals surface area (Å²) in [4.78, 5) is 17.9. The van der Waals surface area contributed by atoms with Gasteiger partial charge in [0.25, 0.3) is 5.91 Å². The molecule has 2 heterocycles. The van der Waals surface area contributed by atoms with Crippen LogP contribution in [0.2, 0.25) is 0 Å². The van der Waals surface area contributed by atoms with E-state index in [1.165, 1.54) is 0 Å². The molecule has 0 saturated heterocycles. The Kier molecular flexibility index (Phi) is 4.56. The highest BCUT2D eigenvalue weighted by atomic mass is 16.7. The number of benzene rings is 3. The third-order valence-corrected chi connectivity index (χ3v) is 5.16. The third kappa shape index (κ3) is 3.46. The van der Waals surface area contributed by atoms with Gasteiger partial charge in [-0.3, -0.25) is 4.79 Å². The van der Waals surface area contributed by atoms with Crippen LogP contribution in [0.5, 0.6) is 11.5 Å². The van der Waals surface area contributed by atoms with Crippen molar-refractivity contribution in [2.24, 2.45) is 0 Å². The Morgan fingerprint density at radius 3 is 2.73 bits per heavy atom. The maximum absolute atomic E-state index is 13.1. The Bertz CT molecular complexity index is 1270. The zero-order chi connectivity index (χ0) is 20.5. The van der Waals surface area contributed by atoms with Crippen LogP contribution >= 0.6 is 0 Å². The Balaban J connectivity index is 1.47. The van der Waals surface area contributed by atoms with Crippen molar-refractivity contribution in [2.75, 3.05) is 6.79 Å². The number of nitrogens with zero attached hydrogens (tertiary/aromatic N) is 1. The molecule has 1 aliphatic rings. The van der Waals surface area contributed by atoms with Gasteiger partial charge in [-0.05, 0) is 42.8 Å². The van der Waals surface area contributed by atoms with Gasteiger partial charge in [-0.25, -0.2) is 4.98 Å². The number of aryl methyl sites for hydroxylation is 1. The predicted octanol–water partition coefficient (Wildman–Crippen LogP) is 4.87. The molecule has 0 radical (unpaired) electrons. The molecule has 0 spiro atoms. The van der Waals surface area contributed by atoms with E-state index >= 15 is 0 Å². The standard InChI is InChI=1S/C25H20N2O3/c1-16-5-4-6-18(11-16)22-13-20(19-7-2-3-8-21(19)27-22)25(28)26-14-17-9-10-23-24(12-17)30-15-29-23/h2-13H,14-15H2,1H3,(H,26,28). The van der Waals surface area contributed by atoms with E-state index in [2.05, 4.69) is 11.4 Å².